The minimum atomic E-state index is -3.12. The van der Waals surface area contributed by atoms with Crippen LogP contribution in [0.1, 0.15) is 121 Å². The summed E-state index contributed by atoms with van der Waals surface area (Å²) < 4.78 is 137. The molecule has 0 bridgehead atoms. The number of aliphatic imine (C=N–C) groups is 4. The smallest absolute Gasteiger partial charge is 0.338 e. The molecule has 0 spiro atoms. The van der Waals surface area contributed by atoms with Crippen molar-refractivity contribution in [2.24, 2.45) is 32.8 Å². The molecule has 8 aromatic rings. The van der Waals surface area contributed by atoms with Crippen molar-refractivity contribution in [2.75, 3.05) is 90.3 Å². The van der Waals surface area contributed by atoms with Gasteiger partial charge in [0.05, 0.1) is 61.3 Å². The molecule has 4 fully saturated rings. The molecule has 738 valence electrons. The van der Waals surface area contributed by atoms with E-state index in [4.69, 9.17) is 39.7 Å². The molecule has 0 aliphatic carbocycles. The van der Waals surface area contributed by atoms with Gasteiger partial charge in [0.2, 0.25) is 5.91 Å². The number of esters is 4. The zero-order valence-corrected chi connectivity index (χ0v) is 84.2. The number of aryl methyl sites for hydroxylation is 1. The fourth-order valence-corrected chi connectivity index (χ4v) is 21.7. The second-order valence-electron chi connectivity index (χ2n) is 32.2. The number of aromatic nitrogens is 5. The molecule has 0 saturated carbocycles. The number of rotatable bonds is 28. The largest absolute Gasteiger partial charge is 0.480 e. The molecule has 12 heterocycles. The zero-order valence-electron chi connectivity index (χ0n) is 74.6. The van der Waals surface area contributed by atoms with Crippen LogP contribution in [0, 0.1) is 23.3 Å². The first kappa shape index (κ1) is 105. The highest BCUT2D eigenvalue weighted by Crippen LogP contribution is 2.45. The summed E-state index contributed by atoms with van der Waals surface area (Å²) in [5, 5.41) is 48.5. The molecule has 4 aromatic heterocycles. The van der Waals surface area contributed by atoms with Crippen LogP contribution in [-0.2, 0) is 64.4 Å². The number of thioether (sulfide) groups is 1. The van der Waals surface area contributed by atoms with Gasteiger partial charge in [0.1, 0.15) is 77.4 Å². The Balaban J connectivity index is 0.000000156. The second-order valence-corrected chi connectivity index (χ2v) is 39.4. The number of hydrogen-bond donors (Lipinski definition) is 8. The molecular formula is C90H90Br4F8N18O15S4. The summed E-state index contributed by atoms with van der Waals surface area (Å²) in [7, 11) is 1.82. The number of nitrogens with one attached hydrogen (secondary N) is 4. The summed E-state index contributed by atoms with van der Waals surface area (Å²) in [5.74, 6) is -8.54. The second kappa shape index (κ2) is 46.7. The summed E-state index contributed by atoms with van der Waals surface area (Å²) in [6, 6.07) is 9.37. The quantitative estimate of drug-likeness (QED) is 0.0128. The maximum absolute atomic E-state index is 14.2. The van der Waals surface area contributed by atoms with E-state index < -0.39 is 150 Å². The van der Waals surface area contributed by atoms with Gasteiger partial charge in [-0.15, -0.1) is 34.0 Å². The van der Waals surface area contributed by atoms with Crippen LogP contribution in [0.2, 0.25) is 0 Å². The van der Waals surface area contributed by atoms with Crippen molar-refractivity contribution < 1.29 is 108 Å². The number of carboxylic acids is 3. The van der Waals surface area contributed by atoms with E-state index >= 15 is 0 Å². The van der Waals surface area contributed by atoms with Crippen LogP contribution in [0.15, 0.2) is 203 Å². The van der Waals surface area contributed by atoms with Crippen LogP contribution in [0.3, 0.4) is 0 Å². The summed E-state index contributed by atoms with van der Waals surface area (Å²) in [6.45, 7) is 8.22. The standard InChI is InChI=1S/C24H27BrFN5O4S.C22H21BrF3N5O3S.2C22H21BrF2N4O4S/c1-4-35-22(32)18-17(12-31-9-10-36-13-24(31,2)23(33)34)28-20(21-27-7-8-30(21)3)29-19(18)15-6-5-14(26)11-16(15)25;1-2-34-21(33)16-14(9-31-10-22(25,26)8-15(31)18(27)32)29-19(20-28-5-6-35-20)30-17(16)12-4-3-11(24)7-13(12)23;2*1-2-33-22(32)17-15(10-29-9-12(25)8-16(29)21(30)31)27-19(20-26-5-6-34-20)28-18(17)13-4-3-11(24)7-14(13)23/h5-8,11,19H,4,9-10,12-13H2,1-3H3,(H,28,29)(H,33,34);3-7,15,17H,2,8-10H2,1H3,(H2,27,32)(H,29,30);2*3-7,12,16,18H,2,8-10H2,1H3,(H,27,28)(H,30,31)/t;15-,17?;12-,16+,18?;12-,16-,18?/m.010/s1. The predicted octanol–water partition coefficient (Wildman–Crippen LogP) is 13.2. The molecule has 9 N–H and O–H groups in total. The molecule has 4 saturated heterocycles. The molecule has 8 aliphatic rings. The number of nitrogens with zero attached hydrogens (tertiary/aromatic N) is 13. The number of carboxylic acid groups (broad SMARTS) is 3. The van der Waals surface area contributed by atoms with E-state index in [-0.39, 0.29) is 107 Å². The van der Waals surface area contributed by atoms with Gasteiger partial charge in [-0.25, -0.2) is 74.2 Å². The third-order valence-corrected chi connectivity index (χ3v) is 29.2. The molecular weight excluding hydrogens is 2170 g/mol. The van der Waals surface area contributed by atoms with Gasteiger partial charge in [0.15, 0.2) is 44.2 Å². The number of amides is 1. The Kier molecular flexibility index (Phi) is 35.4. The van der Waals surface area contributed by atoms with Crippen molar-refractivity contribution in [3.63, 3.8) is 0 Å². The maximum atomic E-state index is 14.2. The average molecular weight is 2260 g/mol. The monoisotopic (exact) mass is 2260 g/mol. The lowest BCUT2D eigenvalue weighted by Crippen LogP contribution is -2.59. The molecule has 16 rings (SSSR count). The lowest BCUT2D eigenvalue weighted by Gasteiger charge is -2.42. The van der Waals surface area contributed by atoms with Crippen LogP contribution < -0.4 is 27.0 Å². The van der Waals surface area contributed by atoms with Gasteiger partial charge in [-0.3, -0.25) is 58.7 Å². The maximum Gasteiger partial charge on any atom is 0.338 e. The van der Waals surface area contributed by atoms with Gasteiger partial charge in [0, 0.05) is 171 Å². The number of imidazole rings is 1. The van der Waals surface area contributed by atoms with Gasteiger partial charge >= 0.3 is 41.8 Å². The van der Waals surface area contributed by atoms with E-state index in [1.807, 2.05) is 11.9 Å². The van der Waals surface area contributed by atoms with E-state index in [1.54, 1.807) is 104 Å². The van der Waals surface area contributed by atoms with Crippen LogP contribution in [0.25, 0.3) is 0 Å². The number of benzene rings is 4. The van der Waals surface area contributed by atoms with Gasteiger partial charge in [0.25, 0.3) is 5.92 Å². The van der Waals surface area contributed by atoms with E-state index in [2.05, 4.69) is 110 Å². The van der Waals surface area contributed by atoms with Gasteiger partial charge in [-0.2, -0.15) is 11.8 Å². The fourth-order valence-electron chi connectivity index (χ4n) is 16.4. The first-order valence-corrected chi connectivity index (χ1v) is 49.9. The Hall–Kier alpha value is -10.9. The van der Waals surface area contributed by atoms with Crippen molar-refractivity contribution in [1.29, 1.82) is 0 Å². The molecule has 33 nitrogen and oxygen atoms in total. The number of primary amides is 1. The number of hydrogen-bond acceptors (Lipinski definition) is 32. The molecule has 4 aromatic carbocycles. The normalized spacial score (nSPS) is 22.6. The van der Waals surface area contributed by atoms with Crippen LogP contribution in [0.5, 0.6) is 0 Å². The topological polar surface area (TPSA) is 427 Å². The zero-order chi connectivity index (χ0) is 100. The number of carbonyl (C=O) groups is 8. The molecule has 139 heavy (non-hydrogen) atoms. The summed E-state index contributed by atoms with van der Waals surface area (Å²) in [6.07, 6.45) is 4.58. The Bertz CT molecular complexity index is 6060. The highest BCUT2D eigenvalue weighted by atomic mass is 79.9. The molecule has 1 amide bonds. The van der Waals surface area contributed by atoms with Crippen molar-refractivity contribution >= 4 is 181 Å². The van der Waals surface area contributed by atoms with Crippen molar-refractivity contribution in [2.45, 2.75) is 120 Å². The number of thiazole rings is 3. The number of aliphatic carboxylic acids is 3. The number of alkyl halides is 4. The summed E-state index contributed by atoms with van der Waals surface area (Å²) in [4.78, 5) is 142. The SMILES string of the molecule is CCOC(=O)C1=C(CN2CC(F)(F)C[C@H]2C(N)=O)NC(c2nccs2)=NC1c1ccc(F)cc1Br.CCOC(=O)C1=C(CN2CCSCC2(C)C(=O)O)NC(c2nccn2C)=NC1c1ccc(F)cc1Br.CCOC(=O)C1=C(CN2C[C@@H](F)C[C@H]2C(=O)O)NC(c2nccs2)=NC1c1ccc(F)cc1Br.CCOC(=O)C1=C(CN2C[C@H](F)C[C@H]2C(=O)O)NC(c2nccs2)=NC1c1ccc(F)cc1Br. The average Bonchev–Trinajstić information content (AvgIpc) is 1.32. The van der Waals surface area contributed by atoms with Crippen molar-refractivity contribution in [3.05, 3.63) is 249 Å². The number of halogens is 12. The van der Waals surface area contributed by atoms with E-state index in [0.29, 0.717) is 114 Å². The molecule has 8 aliphatic heterocycles. The van der Waals surface area contributed by atoms with Crippen molar-refractivity contribution in [1.82, 2.24) is 65.4 Å². The third kappa shape index (κ3) is 25.0. The van der Waals surface area contributed by atoms with E-state index in [1.165, 1.54) is 115 Å². The van der Waals surface area contributed by atoms with Crippen LogP contribution >= 0.6 is 109 Å². The molecule has 10 atom stereocenters. The minimum absolute atomic E-state index is 0.0504. The number of likely N-dealkylation sites (tertiary alicyclic amines) is 3. The number of nitrogens with two attached hydrogens (primary N) is 1. The molecule has 0 radical (unpaired) electrons. The first-order valence-electron chi connectivity index (χ1n) is 43.0. The van der Waals surface area contributed by atoms with Crippen molar-refractivity contribution in [3.8, 4) is 0 Å². The highest BCUT2D eigenvalue weighted by molar-refractivity contribution is 9.11. The fraction of sp³-hybridized carbons (Fsp3) is 0.378. The molecule has 49 heteroatoms. The highest BCUT2D eigenvalue weighted by Gasteiger charge is 2.51. The van der Waals surface area contributed by atoms with Crippen LogP contribution in [-0.4, -0.2) is 263 Å². The van der Waals surface area contributed by atoms with Gasteiger partial charge in [-0.1, -0.05) is 88.0 Å². The summed E-state index contributed by atoms with van der Waals surface area (Å²) >= 11 is 19.0. The lowest BCUT2D eigenvalue weighted by atomic mass is 9.94. The van der Waals surface area contributed by atoms with Gasteiger partial charge in [-0.05, 0) is 105 Å². The third-order valence-electron chi connectivity index (χ3n) is 22.9. The van der Waals surface area contributed by atoms with Gasteiger partial charge < -0.3 is 65.8 Å². The number of carbonyl (C=O) groups excluding carboxylic acids is 5. The van der Waals surface area contributed by atoms with Crippen LogP contribution in [0.4, 0.5) is 35.1 Å². The lowest BCUT2D eigenvalue weighted by molar-refractivity contribution is -0.149. The van der Waals surface area contributed by atoms with E-state index in [0.717, 1.165) is 5.75 Å². The first-order chi connectivity index (χ1) is 66.3. The Labute approximate surface area is 839 Å². The number of amidine groups is 4. The minimum Gasteiger partial charge on any atom is -0.480 e. The molecule has 5 unspecified atom stereocenters. The Morgan fingerprint density at radius 1 is 0.489 bits per heavy atom. The Morgan fingerprint density at radius 3 is 1.13 bits per heavy atom. The summed E-state index contributed by atoms with van der Waals surface area (Å²) in [5.41, 5.74) is 8.26. The van der Waals surface area contributed by atoms with E-state index in [9.17, 15) is 88.8 Å². The number of ether oxygens (including phenoxy) is 4. The Morgan fingerprint density at radius 2 is 0.827 bits per heavy atom. The predicted molar refractivity (Wildman–Crippen MR) is 514 cm³/mol.